The van der Waals surface area contributed by atoms with E-state index in [0.717, 1.165) is 6.20 Å². The van der Waals surface area contributed by atoms with Crippen LogP contribution < -0.4 is 0 Å². The summed E-state index contributed by atoms with van der Waals surface area (Å²) in [5.74, 6) is 0. The quantitative estimate of drug-likeness (QED) is 0.640. The summed E-state index contributed by atoms with van der Waals surface area (Å²) in [7, 11) is 0. The highest BCUT2D eigenvalue weighted by Crippen LogP contribution is 2.41. The van der Waals surface area contributed by atoms with Gasteiger partial charge in [-0.1, -0.05) is 11.6 Å². The molecular formula is C12H6ClF6N. The van der Waals surface area contributed by atoms with Crippen LogP contribution in [-0.2, 0) is 12.4 Å². The van der Waals surface area contributed by atoms with Crippen LogP contribution in [0, 0.1) is 0 Å². The molecule has 20 heavy (non-hydrogen) atoms. The van der Waals surface area contributed by atoms with Gasteiger partial charge in [0.05, 0.1) is 5.56 Å². The Balaban J connectivity index is 2.66. The zero-order valence-corrected chi connectivity index (χ0v) is 10.3. The molecule has 0 radical (unpaired) electrons. The number of hydrogen-bond acceptors (Lipinski definition) is 0. The lowest BCUT2D eigenvalue weighted by atomic mass is 10.2. The Morgan fingerprint density at radius 1 is 0.800 bits per heavy atom. The van der Waals surface area contributed by atoms with Gasteiger partial charge in [-0.3, -0.25) is 0 Å². The van der Waals surface area contributed by atoms with Gasteiger partial charge in [0, 0.05) is 16.9 Å². The molecule has 2 aromatic rings. The third kappa shape index (κ3) is 2.77. The SMILES string of the molecule is FC(F)(F)c1ccn(-c2ccc(Cl)cc2)c1C(F)(F)F. The van der Waals surface area contributed by atoms with Crippen molar-refractivity contribution in [3.8, 4) is 5.69 Å². The molecule has 0 saturated carbocycles. The van der Waals surface area contributed by atoms with E-state index >= 15 is 0 Å². The van der Waals surface area contributed by atoms with E-state index in [4.69, 9.17) is 11.6 Å². The Labute approximate surface area is 114 Å². The van der Waals surface area contributed by atoms with Crippen molar-refractivity contribution in [3.05, 3.63) is 52.8 Å². The van der Waals surface area contributed by atoms with Gasteiger partial charge < -0.3 is 4.57 Å². The molecule has 1 nitrogen and oxygen atoms in total. The van der Waals surface area contributed by atoms with Gasteiger partial charge >= 0.3 is 12.4 Å². The van der Waals surface area contributed by atoms with E-state index in [1.165, 1.54) is 24.3 Å². The molecule has 0 fully saturated rings. The molecule has 0 saturated heterocycles. The average molecular weight is 314 g/mol. The van der Waals surface area contributed by atoms with E-state index in [2.05, 4.69) is 0 Å². The monoisotopic (exact) mass is 313 g/mol. The molecule has 1 aromatic heterocycles. The summed E-state index contributed by atoms with van der Waals surface area (Å²) in [5, 5.41) is 0.269. The number of rotatable bonds is 1. The number of benzene rings is 1. The molecule has 1 aromatic carbocycles. The lowest BCUT2D eigenvalue weighted by Gasteiger charge is -2.15. The fourth-order valence-corrected chi connectivity index (χ4v) is 1.89. The van der Waals surface area contributed by atoms with Crippen LogP contribution >= 0.6 is 11.6 Å². The Hall–Kier alpha value is -1.63. The summed E-state index contributed by atoms with van der Waals surface area (Å²) < 4.78 is 77.0. The number of alkyl halides is 6. The van der Waals surface area contributed by atoms with Gasteiger partial charge in [0.2, 0.25) is 0 Å². The predicted octanol–water partition coefficient (Wildman–Crippen LogP) is 5.17. The van der Waals surface area contributed by atoms with Crippen LogP contribution in [0.25, 0.3) is 5.69 Å². The molecule has 0 amide bonds. The zero-order chi connectivity index (χ0) is 15.1. The molecule has 0 unspecified atom stereocenters. The van der Waals surface area contributed by atoms with Crippen molar-refractivity contribution in [3.63, 3.8) is 0 Å². The molecular weight excluding hydrogens is 308 g/mol. The molecule has 1 heterocycles. The zero-order valence-electron chi connectivity index (χ0n) is 9.56. The molecule has 0 spiro atoms. The number of aromatic nitrogens is 1. The number of halogens is 7. The van der Waals surface area contributed by atoms with Gasteiger partial charge in [-0.25, -0.2) is 0 Å². The first-order valence-electron chi connectivity index (χ1n) is 5.22. The van der Waals surface area contributed by atoms with E-state index in [0.29, 0.717) is 10.6 Å². The van der Waals surface area contributed by atoms with E-state index in [-0.39, 0.29) is 10.7 Å². The molecule has 0 aliphatic heterocycles. The lowest BCUT2D eigenvalue weighted by Crippen LogP contribution is -2.18. The van der Waals surface area contributed by atoms with Gasteiger partial charge in [0.15, 0.2) is 0 Å². The van der Waals surface area contributed by atoms with E-state index < -0.39 is 23.6 Å². The van der Waals surface area contributed by atoms with E-state index in [1.54, 1.807) is 0 Å². The van der Waals surface area contributed by atoms with Crippen LogP contribution in [0.5, 0.6) is 0 Å². The van der Waals surface area contributed by atoms with Crippen molar-refractivity contribution >= 4 is 11.6 Å². The maximum atomic E-state index is 12.9. The topological polar surface area (TPSA) is 4.93 Å². The van der Waals surface area contributed by atoms with Gasteiger partial charge in [-0.15, -0.1) is 0 Å². The Kier molecular flexibility index (Phi) is 3.49. The number of nitrogens with zero attached hydrogens (tertiary/aromatic N) is 1. The second kappa shape index (κ2) is 4.73. The van der Waals surface area contributed by atoms with Crippen LogP contribution in [0.4, 0.5) is 26.3 Å². The first-order chi connectivity index (χ1) is 9.10. The maximum absolute atomic E-state index is 12.9. The van der Waals surface area contributed by atoms with Crippen molar-refractivity contribution in [1.29, 1.82) is 0 Å². The summed E-state index contributed by atoms with van der Waals surface area (Å²) in [6.07, 6.45) is -9.48. The predicted molar refractivity (Wildman–Crippen MR) is 60.8 cm³/mol. The van der Waals surface area contributed by atoms with Crippen molar-refractivity contribution in [2.45, 2.75) is 12.4 Å². The largest absolute Gasteiger partial charge is 0.432 e. The minimum absolute atomic E-state index is 0.0581. The lowest BCUT2D eigenvalue weighted by molar-refractivity contribution is -0.164. The first-order valence-corrected chi connectivity index (χ1v) is 5.60. The Bertz CT molecular complexity index is 608. The van der Waals surface area contributed by atoms with Crippen molar-refractivity contribution in [2.24, 2.45) is 0 Å². The maximum Gasteiger partial charge on any atom is 0.432 e. The standard InChI is InChI=1S/C12H6ClF6N/c13-7-1-3-8(4-2-7)20-6-5-9(11(14,15)16)10(20)12(17,18)19/h1-6H. The molecule has 108 valence electrons. The number of hydrogen-bond donors (Lipinski definition) is 0. The van der Waals surface area contributed by atoms with E-state index in [9.17, 15) is 26.3 Å². The van der Waals surface area contributed by atoms with Gasteiger partial charge in [-0.05, 0) is 30.3 Å². The van der Waals surface area contributed by atoms with Gasteiger partial charge in [0.1, 0.15) is 5.69 Å². The highest BCUT2D eigenvalue weighted by atomic mass is 35.5. The normalized spacial score (nSPS) is 12.8. The minimum Gasteiger partial charge on any atom is -0.312 e. The molecule has 0 aliphatic rings. The Morgan fingerprint density at radius 3 is 1.80 bits per heavy atom. The molecule has 0 atom stereocenters. The second-order valence-corrected chi connectivity index (χ2v) is 4.36. The van der Waals surface area contributed by atoms with Crippen LogP contribution in [0.1, 0.15) is 11.3 Å². The van der Waals surface area contributed by atoms with E-state index in [1.807, 2.05) is 0 Å². The highest BCUT2D eigenvalue weighted by Gasteiger charge is 2.46. The molecule has 0 aliphatic carbocycles. The molecule has 0 N–H and O–H groups in total. The molecule has 0 bridgehead atoms. The smallest absolute Gasteiger partial charge is 0.312 e. The highest BCUT2D eigenvalue weighted by molar-refractivity contribution is 6.30. The summed E-state index contributed by atoms with van der Waals surface area (Å²) in [6, 6.07) is 5.40. The third-order valence-corrected chi connectivity index (χ3v) is 2.82. The minimum atomic E-state index is -5.13. The van der Waals surface area contributed by atoms with Crippen molar-refractivity contribution in [1.82, 2.24) is 4.57 Å². The van der Waals surface area contributed by atoms with Crippen LogP contribution in [0.3, 0.4) is 0 Å². The summed E-state index contributed by atoms with van der Waals surface area (Å²) in [5.41, 5.74) is -3.54. The third-order valence-electron chi connectivity index (χ3n) is 2.57. The second-order valence-electron chi connectivity index (χ2n) is 3.92. The summed E-state index contributed by atoms with van der Waals surface area (Å²) >= 11 is 5.60. The summed E-state index contributed by atoms with van der Waals surface area (Å²) in [6.45, 7) is 0. The van der Waals surface area contributed by atoms with Crippen molar-refractivity contribution in [2.75, 3.05) is 0 Å². The van der Waals surface area contributed by atoms with Crippen molar-refractivity contribution < 1.29 is 26.3 Å². The van der Waals surface area contributed by atoms with Crippen LogP contribution in [0.15, 0.2) is 36.5 Å². The average Bonchev–Trinajstić information content (AvgIpc) is 2.73. The fourth-order valence-electron chi connectivity index (χ4n) is 1.77. The summed E-state index contributed by atoms with van der Waals surface area (Å²) in [4.78, 5) is 0. The first kappa shape index (κ1) is 14.8. The van der Waals surface area contributed by atoms with Gasteiger partial charge in [0.25, 0.3) is 0 Å². The molecule has 8 heteroatoms. The molecule has 2 rings (SSSR count). The fraction of sp³-hybridized carbons (Fsp3) is 0.167. The van der Waals surface area contributed by atoms with Gasteiger partial charge in [-0.2, -0.15) is 26.3 Å². The van der Waals surface area contributed by atoms with Crippen LogP contribution in [0.2, 0.25) is 5.02 Å². The Morgan fingerprint density at radius 2 is 1.35 bits per heavy atom. The van der Waals surface area contributed by atoms with Crippen LogP contribution in [-0.4, -0.2) is 4.57 Å².